The Morgan fingerprint density at radius 3 is 1.29 bits per heavy atom. The number of nitrogens with one attached hydrogen (secondary N) is 3. The maximum Gasteiger partial charge on any atom is 0.332 e. The van der Waals surface area contributed by atoms with Crippen LogP contribution in [0.15, 0.2) is 53.0 Å². The van der Waals surface area contributed by atoms with Crippen LogP contribution in [-0.2, 0) is 28.6 Å². The summed E-state index contributed by atoms with van der Waals surface area (Å²) in [5.41, 5.74) is -1.51. The zero-order valence-electron chi connectivity index (χ0n) is 24.7. The van der Waals surface area contributed by atoms with Crippen molar-refractivity contribution in [3.05, 3.63) is 69.7 Å². The average molecular weight is 748 g/mol. The number of esters is 3. The van der Waals surface area contributed by atoms with Crippen molar-refractivity contribution in [1.82, 2.24) is 16.0 Å². The zero-order chi connectivity index (χ0) is 36.0. The van der Waals surface area contributed by atoms with Gasteiger partial charge in [0.05, 0.1) is 16.7 Å². The van der Waals surface area contributed by atoms with Crippen LogP contribution in [0.4, 0.5) is 0 Å². The molecule has 3 aromatic rings. The minimum atomic E-state index is -1.86. The number of ether oxygens (including phenoxy) is 3. The zero-order valence-corrected chi connectivity index (χ0v) is 26.3. The molecule has 1 saturated heterocycles. The van der Waals surface area contributed by atoms with Crippen LogP contribution in [0.1, 0.15) is 31.1 Å². The highest BCUT2D eigenvalue weighted by Crippen LogP contribution is 2.33. The van der Waals surface area contributed by atoms with E-state index in [1.165, 1.54) is 12.1 Å². The van der Waals surface area contributed by atoms with Crippen molar-refractivity contribution in [3.8, 4) is 34.5 Å². The lowest BCUT2D eigenvalue weighted by Gasteiger charge is -2.25. The predicted molar refractivity (Wildman–Crippen MR) is 164 cm³/mol. The first-order chi connectivity index (χ1) is 23.2. The molecular formula is C30H26BrN3O15. The van der Waals surface area contributed by atoms with Crippen LogP contribution in [-0.4, -0.2) is 104 Å². The van der Waals surface area contributed by atoms with Gasteiger partial charge in [0.15, 0.2) is 52.6 Å². The van der Waals surface area contributed by atoms with E-state index in [4.69, 9.17) is 14.2 Å². The van der Waals surface area contributed by atoms with E-state index in [9.17, 15) is 59.4 Å². The number of carbonyl (C=O) groups excluding carboxylic acids is 6. The van der Waals surface area contributed by atoms with Crippen LogP contribution in [0.5, 0.6) is 34.5 Å². The fourth-order valence-electron chi connectivity index (χ4n) is 4.20. The van der Waals surface area contributed by atoms with Gasteiger partial charge in [-0.05, 0) is 36.4 Å². The van der Waals surface area contributed by atoms with Gasteiger partial charge in [-0.2, -0.15) is 0 Å². The number of hydrogen-bond donors (Lipinski definition) is 9. The Balaban J connectivity index is 1.64. The number of carbonyl (C=O) groups is 6. The smallest absolute Gasteiger partial charge is 0.332 e. The highest BCUT2D eigenvalue weighted by molar-refractivity contribution is 9.10. The third kappa shape index (κ3) is 8.38. The first-order valence-electron chi connectivity index (χ1n) is 13.8. The van der Waals surface area contributed by atoms with E-state index in [-0.39, 0.29) is 4.47 Å². The highest BCUT2D eigenvalue weighted by Gasteiger charge is 2.35. The van der Waals surface area contributed by atoms with Crippen LogP contribution in [0.25, 0.3) is 0 Å². The monoisotopic (exact) mass is 747 g/mol. The molecule has 18 nitrogen and oxygen atoms in total. The molecule has 258 valence electrons. The molecular weight excluding hydrogens is 722 g/mol. The molecule has 3 aromatic carbocycles. The van der Waals surface area contributed by atoms with E-state index < -0.39 is 125 Å². The molecule has 49 heavy (non-hydrogen) atoms. The summed E-state index contributed by atoms with van der Waals surface area (Å²) >= 11 is 3.04. The minimum Gasteiger partial charge on any atom is -0.504 e. The molecule has 4 rings (SSSR count). The SMILES string of the molecule is O=C(N[C@H]1COC(=O)[C@@H](NC(=O)c2cccc(O)c2O)COC(=O)[C@@H](NC(=O)c2cc(Br)cc(O)c2O)COC1=O)c1cccc(O)c1O. The molecule has 1 heterocycles. The number of hydrogen-bond acceptors (Lipinski definition) is 15. The Morgan fingerprint density at radius 2 is 0.898 bits per heavy atom. The highest BCUT2D eigenvalue weighted by atomic mass is 79.9. The van der Waals surface area contributed by atoms with Gasteiger partial charge in [-0.1, -0.05) is 28.1 Å². The number of halogens is 1. The Labute approximate surface area is 283 Å². The molecule has 1 aliphatic rings. The van der Waals surface area contributed by atoms with E-state index in [0.717, 1.165) is 36.4 Å². The fourth-order valence-corrected chi connectivity index (χ4v) is 4.64. The first-order valence-corrected chi connectivity index (χ1v) is 14.6. The average Bonchev–Trinajstić information content (AvgIpc) is 3.05. The standard InChI is InChI=1S/C30H26BrN3O15/c31-12-7-15(24(40)21(37)8-12)27(43)34-18-11-49-29(45)16(32-25(41)13-3-1-5-19(35)22(13)38)9-47-28(44)17(10-48-30(18)46)33-26(42)14-4-2-6-20(36)23(14)39/h1-8,16-18,35-40H,9-11H2,(H,32,41)(H,33,42)(H,34,43)/t16-,17-,18-/m0/s1. The summed E-state index contributed by atoms with van der Waals surface area (Å²) in [4.78, 5) is 78.2. The van der Waals surface area contributed by atoms with Crippen LogP contribution in [0, 0.1) is 0 Å². The summed E-state index contributed by atoms with van der Waals surface area (Å²) in [6.45, 7) is -2.88. The van der Waals surface area contributed by atoms with Crippen molar-refractivity contribution in [3.63, 3.8) is 0 Å². The van der Waals surface area contributed by atoms with Crippen molar-refractivity contribution in [2.24, 2.45) is 0 Å². The molecule has 1 aliphatic heterocycles. The Morgan fingerprint density at radius 1 is 0.551 bits per heavy atom. The number of benzene rings is 3. The van der Waals surface area contributed by atoms with E-state index >= 15 is 0 Å². The molecule has 9 N–H and O–H groups in total. The van der Waals surface area contributed by atoms with Gasteiger partial charge in [-0.15, -0.1) is 0 Å². The largest absolute Gasteiger partial charge is 0.504 e. The minimum absolute atomic E-state index is 0.159. The summed E-state index contributed by atoms with van der Waals surface area (Å²) in [5.74, 6) is -12.0. The number of cyclic esters (lactones) is 3. The number of aromatic hydroxyl groups is 6. The summed E-state index contributed by atoms with van der Waals surface area (Å²) in [5, 5.41) is 66.2. The maximum atomic E-state index is 13.1. The first kappa shape index (κ1) is 35.6. The van der Waals surface area contributed by atoms with Crippen molar-refractivity contribution < 1.29 is 73.6 Å². The van der Waals surface area contributed by atoms with Crippen LogP contribution in [0.3, 0.4) is 0 Å². The Bertz CT molecular complexity index is 1770. The van der Waals surface area contributed by atoms with E-state index in [0.29, 0.717) is 0 Å². The fraction of sp³-hybridized carbons (Fsp3) is 0.200. The second-order valence-corrected chi connectivity index (χ2v) is 11.1. The number of phenolic OH excluding ortho intramolecular Hbond substituents is 6. The van der Waals surface area contributed by atoms with Crippen molar-refractivity contribution in [1.29, 1.82) is 0 Å². The molecule has 3 amide bonds. The van der Waals surface area contributed by atoms with Gasteiger partial charge in [0.25, 0.3) is 17.7 Å². The topological polar surface area (TPSA) is 288 Å². The van der Waals surface area contributed by atoms with E-state index in [2.05, 4.69) is 31.9 Å². The lowest BCUT2D eigenvalue weighted by molar-refractivity contribution is -0.160. The van der Waals surface area contributed by atoms with Crippen molar-refractivity contribution >= 4 is 51.6 Å². The number of rotatable bonds is 6. The molecule has 1 fully saturated rings. The molecule has 0 spiro atoms. The second-order valence-electron chi connectivity index (χ2n) is 10.1. The molecule has 0 radical (unpaired) electrons. The van der Waals surface area contributed by atoms with Gasteiger partial charge in [0.2, 0.25) is 0 Å². The van der Waals surface area contributed by atoms with E-state index in [1.807, 2.05) is 0 Å². The summed E-state index contributed by atoms with van der Waals surface area (Å²) < 4.78 is 15.5. The summed E-state index contributed by atoms with van der Waals surface area (Å²) in [6.07, 6.45) is 0. The Hall–Kier alpha value is -6.24. The molecule has 0 unspecified atom stereocenters. The van der Waals surface area contributed by atoms with Gasteiger partial charge in [0, 0.05) is 4.47 Å². The normalized spacial score (nSPS) is 18.4. The van der Waals surface area contributed by atoms with Gasteiger partial charge in [0.1, 0.15) is 19.8 Å². The lowest BCUT2D eigenvalue weighted by Crippen LogP contribution is -2.52. The summed E-state index contributed by atoms with van der Waals surface area (Å²) in [6, 6.07) is 3.38. The van der Waals surface area contributed by atoms with Gasteiger partial charge < -0.3 is 60.8 Å². The predicted octanol–water partition coefficient (Wildman–Crippen LogP) is 0.0215. The molecule has 3 atom stereocenters. The van der Waals surface area contributed by atoms with Crippen molar-refractivity contribution in [2.45, 2.75) is 18.1 Å². The molecule has 0 bridgehead atoms. The van der Waals surface area contributed by atoms with Gasteiger partial charge >= 0.3 is 17.9 Å². The molecule has 0 aromatic heterocycles. The number of para-hydroxylation sites is 2. The third-order valence-electron chi connectivity index (χ3n) is 6.76. The molecule has 0 saturated carbocycles. The third-order valence-corrected chi connectivity index (χ3v) is 7.22. The van der Waals surface area contributed by atoms with Gasteiger partial charge in [-0.3, -0.25) is 14.4 Å². The van der Waals surface area contributed by atoms with Crippen LogP contribution in [0.2, 0.25) is 0 Å². The summed E-state index contributed by atoms with van der Waals surface area (Å²) in [7, 11) is 0. The van der Waals surface area contributed by atoms with Crippen molar-refractivity contribution in [2.75, 3.05) is 19.8 Å². The number of amides is 3. The molecule has 19 heteroatoms. The van der Waals surface area contributed by atoms with Crippen LogP contribution < -0.4 is 16.0 Å². The number of phenols is 6. The lowest BCUT2D eigenvalue weighted by atomic mass is 10.1. The molecule has 0 aliphatic carbocycles. The second kappa shape index (κ2) is 15.1. The van der Waals surface area contributed by atoms with Crippen LogP contribution >= 0.6 is 15.9 Å². The quantitative estimate of drug-likeness (QED) is 0.0913. The van der Waals surface area contributed by atoms with E-state index in [1.54, 1.807) is 0 Å². The Kier molecular flexibility index (Phi) is 11.0. The van der Waals surface area contributed by atoms with Gasteiger partial charge in [-0.25, -0.2) is 14.4 Å². The maximum absolute atomic E-state index is 13.1.